The quantitative estimate of drug-likeness (QED) is 0.355. The van der Waals surface area contributed by atoms with E-state index in [1.54, 1.807) is 0 Å². The summed E-state index contributed by atoms with van der Waals surface area (Å²) in [5, 5.41) is 0. The van der Waals surface area contributed by atoms with Crippen LogP contribution < -0.4 is 0 Å². The van der Waals surface area contributed by atoms with Gasteiger partial charge in [0.25, 0.3) is 0 Å². The average molecular weight is 208 g/mol. The maximum atomic E-state index is 3.25. The molecular weight excluding hydrogens is 180 g/mol. The minimum atomic E-state index is 1.08. The second kappa shape index (κ2) is 13.6. The molecule has 0 heteroatoms. The van der Waals surface area contributed by atoms with Crippen LogP contribution in [-0.2, 0) is 0 Å². The van der Waals surface area contributed by atoms with Gasteiger partial charge in [0, 0.05) is 12.8 Å². The predicted molar refractivity (Wildman–Crippen MR) is 69.9 cm³/mol. The first-order chi connectivity index (χ1) is 7.41. The van der Waals surface area contributed by atoms with Crippen molar-refractivity contribution in [3.63, 3.8) is 0 Å². The summed E-state index contributed by atoms with van der Waals surface area (Å²) < 4.78 is 0. The largest absolute Gasteiger partial charge is 0.103 e. The number of unbranched alkanes of at least 4 members (excludes halogenated alkanes) is 9. The number of hydrogen-bond donors (Lipinski definition) is 0. The van der Waals surface area contributed by atoms with Crippen LogP contribution in [-0.4, -0.2) is 0 Å². The van der Waals surface area contributed by atoms with Gasteiger partial charge >= 0.3 is 0 Å². The summed E-state index contributed by atoms with van der Waals surface area (Å²) in [5.41, 5.74) is 0. The molecular formula is C15H28. The third-order valence-electron chi connectivity index (χ3n) is 2.66. The molecule has 0 aromatic carbocycles. The van der Waals surface area contributed by atoms with E-state index in [1.165, 1.54) is 57.8 Å². The van der Waals surface area contributed by atoms with E-state index >= 15 is 0 Å². The zero-order chi connectivity index (χ0) is 11.2. The van der Waals surface area contributed by atoms with E-state index in [0.29, 0.717) is 0 Å². The topological polar surface area (TPSA) is 0 Å². The van der Waals surface area contributed by atoms with Gasteiger partial charge < -0.3 is 0 Å². The smallest absolute Gasteiger partial charge is 0.00886 e. The Kier molecular flexibility index (Phi) is 13.2. The highest BCUT2D eigenvalue weighted by Crippen LogP contribution is 2.09. The standard InChI is InChI=1S/C15H28/c1-3-5-7-9-11-13-15-14-12-10-8-6-4-2/h3-7,9,11-15H2,1-2H3. The summed E-state index contributed by atoms with van der Waals surface area (Å²) in [6, 6.07) is 0. The van der Waals surface area contributed by atoms with Crippen molar-refractivity contribution in [3.05, 3.63) is 0 Å². The molecule has 0 spiro atoms. The molecule has 0 fully saturated rings. The lowest BCUT2D eigenvalue weighted by Gasteiger charge is -1.99. The lowest BCUT2D eigenvalue weighted by atomic mass is 10.1. The summed E-state index contributed by atoms with van der Waals surface area (Å²) in [6.07, 6.45) is 14.6. The van der Waals surface area contributed by atoms with Gasteiger partial charge in [-0.05, 0) is 12.8 Å². The van der Waals surface area contributed by atoms with E-state index in [4.69, 9.17) is 0 Å². The molecule has 0 saturated heterocycles. The van der Waals surface area contributed by atoms with Gasteiger partial charge in [-0.3, -0.25) is 0 Å². The molecule has 0 heterocycles. The zero-order valence-corrected chi connectivity index (χ0v) is 10.8. The highest BCUT2D eigenvalue weighted by Gasteiger charge is 1.89. The molecule has 0 aromatic rings. The first-order valence-electron chi connectivity index (χ1n) is 6.87. The summed E-state index contributed by atoms with van der Waals surface area (Å²) in [6.45, 7) is 4.46. The predicted octanol–water partition coefficient (Wildman–Crippen LogP) is 5.32. The highest BCUT2D eigenvalue weighted by molar-refractivity contribution is 4.98. The minimum absolute atomic E-state index is 1.08. The lowest BCUT2D eigenvalue weighted by molar-refractivity contribution is 0.579. The van der Waals surface area contributed by atoms with Crippen LogP contribution in [0, 0.1) is 11.8 Å². The molecule has 0 amide bonds. The van der Waals surface area contributed by atoms with Crippen molar-refractivity contribution in [2.75, 3.05) is 0 Å². The van der Waals surface area contributed by atoms with Gasteiger partial charge in [0.2, 0.25) is 0 Å². The average Bonchev–Trinajstić information content (AvgIpc) is 2.26. The van der Waals surface area contributed by atoms with Crippen molar-refractivity contribution >= 4 is 0 Å². The molecule has 0 bridgehead atoms. The molecule has 0 aromatic heterocycles. The van der Waals surface area contributed by atoms with Gasteiger partial charge in [0.1, 0.15) is 0 Å². The Morgan fingerprint density at radius 2 is 1.07 bits per heavy atom. The van der Waals surface area contributed by atoms with Gasteiger partial charge in [0.15, 0.2) is 0 Å². The van der Waals surface area contributed by atoms with Gasteiger partial charge in [-0.1, -0.05) is 58.8 Å². The molecule has 0 aliphatic heterocycles. The van der Waals surface area contributed by atoms with E-state index in [0.717, 1.165) is 12.8 Å². The Labute approximate surface area is 96.8 Å². The maximum Gasteiger partial charge on any atom is 0.00886 e. The van der Waals surface area contributed by atoms with E-state index in [2.05, 4.69) is 25.7 Å². The van der Waals surface area contributed by atoms with Crippen LogP contribution in [0.3, 0.4) is 0 Å². The van der Waals surface area contributed by atoms with Crippen LogP contribution in [0.1, 0.15) is 84.5 Å². The molecule has 0 N–H and O–H groups in total. The van der Waals surface area contributed by atoms with E-state index < -0.39 is 0 Å². The Bertz CT molecular complexity index is 159. The van der Waals surface area contributed by atoms with Gasteiger partial charge in [0.05, 0.1) is 0 Å². The second-order valence-corrected chi connectivity index (χ2v) is 4.33. The van der Waals surface area contributed by atoms with Crippen molar-refractivity contribution in [3.8, 4) is 11.8 Å². The van der Waals surface area contributed by atoms with Crippen molar-refractivity contribution in [1.29, 1.82) is 0 Å². The third-order valence-corrected chi connectivity index (χ3v) is 2.66. The van der Waals surface area contributed by atoms with E-state index in [9.17, 15) is 0 Å². The molecule has 15 heavy (non-hydrogen) atoms. The van der Waals surface area contributed by atoms with Crippen LogP contribution in [0.4, 0.5) is 0 Å². The van der Waals surface area contributed by atoms with Crippen molar-refractivity contribution < 1.29 is 0 Å². The number of hydrogen-bond acceptors (Lipinski definition) is 0. The SMILES string of the molecule is CCCC#CCCCCCCCCCC. The van der Waals surface area contributed by atoms with Crippen molar-refractivity contribution in [1.82, 2.24) is 0 Å². The molecule has 0 saturated carbocycles. The fourth-order valence-electron chi connectivity index (χ4n) is 1.65. The molecule has 0 radical (unpaired) electrons. The van der Waals surface area contributed by atoms with E-state index in [-0.39, 0.29) is 0 Å². The Balaban J connectivity index is 2.96. The van der Waals surface area contributed by atoms with Crippen LogP contribution in [0.15, 0.2) is 0 Å². The molecule has 0 unspecified atom stereocenters. The Hall–Kier alpha value is -0.440. The summed E-state index contributed by atoms with van der Waals surface area (Å²) in [4.78, 5) is 0. The van der Waals surface area contributed by atoms with Gasteiger partial charge in [-0.15, -0.1) is 11.8 Å². The second-order valence-electron chi connectivity index (χ2n) is 4.33. The molecule has 0 rings (SSSR count). The van der Waals surface area contributed by atoms with Gasteiger partial charge in [-0.2, -0.15) is 0 Å². The minimum Gasteiger partial charge on any atom is -0.103 e. The first-order valence-corrected chi connectivity index (χ1v) is 6.87. The summed E-state index contributed by atoms with van der Waals surface area (Å²) >= 11 is 0. The first kappa shape index (κ1) is 14.6. The van der Waals surface area contributed by atoms with E-state index in [1.807, 2.05) is 0 Å². The third kappa shape index (κ3) is 13.6. The maximum absolute atomic E-state index is 3.25. The fraction of sp³-hybridized carbons (Fsp3) is 0.867. The summed E-state index contributed by atoms with van der Waals surface area (Å²) in [5.74, 6) is 6.45. The van der Waals surface area contributed by atoms with Crippen LogP contribution >= 0.6 is 0 Å². The lowest BCUT2D eigenvalue weighted by Crippen LogP contribution is -1.80. The van der Waals surface area contributed by atoms with Crippen LogP contribution in [0.5, 0.6) is 0 Å². The highest BCUT2D eigenvalue weighted by atomic mass is 14.0. The summed E-state index contributed by atoms with van der Waals surface area (Å²) in [7, 11) is 0. The van der Waals surface area contributed by atoms with Crippen molar-refractivity contribution in [2.45, 2.75) is 84.5 Å². The molecule has 88 valence electrons. The Morgan fingerprint density at radius 1 is 0.533 bits per heavy atom. The molecule has 0 nitrogen and oxygen atoms in total. The van der Waals surface area contributed by atoms with Crippen molar-refractivity contribution in [2.24, 2.45) is 0 Å². The molecule has 0 aliphatic rings. The van der Waals surface area contributed by atoms with Gasteiger partial charge in [-0.25, -0.2) is 0 Å². The normalized spacial score (nSPS) is 9.73. The molecule has 0 atom stereocenters. The molecule has 0 aliphatic carbocycles. The van der Waals surface area contributed by atoms with Crippen LogP contribution in [0.2, 0.25) is 0 Å². The Morgan fingerprint density at radius 3 is 1.67 bits per heavy atom. The monoisotopic (exact) mass is 208 g/mol. The number of rotatable bonds is 9. The fourth-order valence-corrected chi connectivity index (χ4v) is 1.65. The van der Waals surface area contributed by atoms with Crippen LogP contribution in [0.25, 0.3) is 0 Å². The zero-order valence-electron chi connectivity index (χ0n) is 10.8.